The van der Waals surface area contributed by atoms with E-state index < -0.39 is 0 Å². The van der Waals surface area contributed by atoms with E-state index in [9.17, 15) is 4.79 Å². The Morgan fingerprint density at radius 2 is 1.78 bits per heavy atom. The third kappa shape index (κ3) is 2.16. The number of nitrogens with zero attached hydrogens (tertiary/aromatic N) is 2. The Morgan fingerprint density at radius 3 is 2.33 bits per heavy atom. The summed E-state index contributed by atoms with van der Waals surface area (Å²) in [6.07, 6.45) is 7.49. The van der Waals surface area contributed by atoms with Crippen molar-refractivity contribution in [3.63, 3.8) is 0 Å². The molecule has 3 unspecified atom stereocenters. The maximum atomic E-state index is 11.9. The van der Waals surface area contributed by atoms with Gasteiger partial charge in [-0.15, -0.1) is 0 Å². The number of nitrogens with one attached hydrogen (secondary N) is 1. The van der Waals surface area contributed by atoms with E-state index in [0.29, 0.717) is 11.9 Å². The van der Waals surface area contributed by atoms with Gasteiger partial charge in [0, 0.05) is 31.7 Å². The molecule has 0 aromatic heterocycles. The number of fused-ring (bicyclic) bond motifs is 2. The van der Waals surface area contributed by atoms with Gasteiger partial charge in [0.1, 0.15) is 0 Å². The Labute approximate surface area is 110 Å². The van der Waals surface area contributed by atoms with Gasteiger partial charge in [0.25, 0.3) is 0 Å². The second kappa shape index (κ2) is 4.82. The van der Waals surface area contributed by atoms with Crippen LogP contribution >= 0.6 is 0 Å². The molecule has 3 heterocycles. The van der Waals surface area contributed by atoms with Crippen molar-refractivity contribution in [2.24, 2.45) is 0 Å². The molecule has 0 saturated carbocycles. The number of likely N-dealkylation sites (tertiary alicyclic amines) is 1. The lowest BCUT2D eigenvalue weighted by molar-refractivity contribution is -0.128. The van der Waals surface area contributed by atoms with Gasteiger partial charge in [-0.2, -0.15) is 0 Å². The molecule has 0 aliphatic carbocycles. The first-order valence-electron chi connectivity index (χ1n) is 7.38. The number of carbonyl (C=O) groups excluding carboxylic acids is 1. The van der Waals surface area contributed by atoms with Gasteiger partial charge in [0.15, 0.2) is 0 Å². The van der Waals surface area contributed by atoms with Crippen molar-refractivity contribution in [2.75, 3.05) is 20.6 Å². The summed E-state index contributed by atoms with van der Waals surface area (Å²) in [5.74, 6) is 0.291. The predicted molar refractivity (Wildman–Crippen MR) is 71.4 cm³/mol. The average Bonchev–Trinajstić information content (AvgIpc) is 2.62. The second-order valence-corrected chi connectivity index (χ2v) is 6.34. The van der Waals surface area contributed by atoms with Crippen molar-refractivity contribution in [3.05, 3.63) is 0 Å². The van der Waals surface area contributed by atoms with E-state index >= 15 is 0 Å². The summed E-state index contributed by atoms with van der Waals surface area (Å²) in [5.41, 5.74) is 0. The zero-order chi connectivity index (χ0) is 12.7. The number of hydrogen-bond acceptors (Lipinski definition) is 3. The molecule has 3 saturated heterocycles. The molecule has 1 amide bonds. The third-order valence-electron chi connectivity index (χ3n) is 5.20. The van der Waals surface area contributed by atoms with Crippen LogP contribution in [-0.4, -0.2) is 60.5 Å². The van der Waals surface area contributed by atoms with E-state index in [1.807, 2.05) is 11.9 Å². The summed E-state index contributed by atoms with van der Waals surface area (Å²) < 4.78 is 0. The maximum Gasteiger partial charge on any atom is 0.239 e. The third-order valence-corrected chi connectivity index (χ3v) is 5.20. The van der Waals surface area contributed by atoms with Gasteiger partial charge in [-0.05, 0) is 39.2 Å². The lowest BCUT2D eigenvalue weighted by Crippen LogP contribution is -2.56. The molecule has 4 heteroatoms. The zero-order valence-electron chi connectivity index (χ0n) is 11.6. The summed E-state index contributed by atoms with van der Waals surface area (Å²) in [5, 5.41) is 3.63. The minimum atomic E-state index is 0.0872. The predicted octanol–water partition coefficient (Wildman–Crippen LogP) is 0.822. The Kier molecular flexibility index (Phi) is 3.32. The van der Waals surface area contributed by atoms with E-state index in [1.54, 1.807) is 0 Å². The molecule has 2 bridgehead atoms. The highest BCUT2D eigenvalue weighted by Crippen LogP contribution is 2.33. The molecule has 1 N–H and O–H groups in total. The molecule has 102 valence electrons. The van der Waals surface area contributed by atoms with Crippen molar-refractivity contribution < 1.29 is 4.79 Å². The highest BCUT2D eigenvalue weighted by atomic mass is 16.2. The first kappa shape index (κ1) is 12.4. The monoisotopic (exact) mass is 251 g/mol. The van der Waals surface area contributed by atoms with Crippen LogP contribution in [0.5, 0.6) is 0 Å². The van der Waals surface area contributed by atoms with Crippen molar-refractivity contribution in [1.29, 1.82) is 0 Å². The van der Waals surface area contributed by atoms with Crippen LogP contribution in [0, 0.1) is 0 Å². The van der Waals surface area contributed by atoms with E-state index in [1.165, 1.54) is 32.1 Å². The molecule has 3 fully saturated rings. The number of hydrogen-bond donors (Lipinski definition) is 1. The summed E-state index contributed by atoms with van der Waals surface area (Å²) in [6, 6.07) is 2.12. The smallest absolute Gasteiger partial charge is 0.239 e. The van der Waals surface area contributed by atoms with Crippen LogP contribution in [0.1, 0.15) is 38.5 Å². The average molecular weight is 251 g/mol. The van der Waals surface area contributed by atoms with Gasteiger partial charge in [-0.1, -0.05) is 6.42 Å². The fourth-order valence-electron chi connectivity index (χ4n) is 4.01. The molecule has 0 aromatic carbocycles. The highest BCUT2D eigenvalue weighted by Gasteiger charge is 2.38. The summed E-state index contributed by atoms with van der Waals surface area (Å²) >= 11 is 0. The minimum absolute atomic E-state index is 0.0872. The number of piperidine rings is 2. The van der Waals surface area contributed by atoms with Crippen molar-refractivity contribution >= 4 is 5.91 Å². The molecular weight excluding hydrogens is 226 g/mol. The van der Waals surface area contributed by atoms with E-state index in [0.717, 1.165) is 25.0 Å². The fourth-order valence-corrected chi connectivity index (χ4v) is 4.01. The van der Waals surface area contributed by atoms with Crippen LogP contribution in [0.2, 0.25) is 0 Å². The Hall–Kier alpha value is -0.610. The van der Waals surface area contributed by atoms with Gasteiger partial charge in [-0.25, -0.2) is 0 Å². The van der Waals surface area contributed by atoms with Gasteiger partial charge >= 0.3 is 0 Å². The molecule has 18 heavy (non-hydrogen) atoms. The molecule has 0 aromatic rings. The molecule has 3 rings (SSSR count). The van der Waals surface area contributed by atoms with Gasteiger partial charge in [-0.3, -0.25) is 4.79 Å². The van der Waals surface area contributed by atoms with Crippen LogP contribution in [0.4, 0.5) is 0 Å². The molecular formula is C14H25N3O. The summed E-state index contributed by atoms with van der Waals surface area (Å²) in [7, 11) is 4.19. The van der Waals surface area contributed by atoms with Crippen LogP contribution < -0.4 is 5.32 Å². The summed E-state index contributed by atoms with van der Waals surface area (Å²) in [6.45, 7) is 0.913. The maximum absolute atomic E-state index is 11.9. The number of rotatable bonds is 2. The topological polar surface area (TPSA) is 35.6 Å². The van der Waals surface area contributed by atoms with Crippen LogP contribution in [-0.2, 0) is 4.79 Å². The minimum Gasteiger partial charge on any atom is -0.344 e. The van der Waals surface area contributed by atoms with Crippen molar-refractivity contribution in [2.45, 2.75) is 62.7 Å². The first-order valence-corrected chi connectivity index (χ1v) is 7.38. The standard InChI is InChI=1S/C14H25N3O/c1-16-7-6-13(14(16)18)15-10-8-11-4-3-5-12(9-10)17(11)2/h10-13,15H,3-9H2,1-2H3. The second-order valence-electron chi connectivity index (χ2n) is 6.34. The number of likely N-dealkylation sites (N-methyl/N-ethyl adjacent to an activating group) is 1. The quantitative estimate of drug-likeness (QED) is 0.789. The van der Waals surface area contributed by atoms with E-state index in [2.05, 4.69) is 17.3 Å². The first-order chi connectivity index (χ1) is 8.65. The molecule has 3 atom stereocenters. The normalized spacial score (nSPS) is 41.4. The van der Waals surface area contributed by atoms with E-state index in [4.69, 9.17) is 0 Å². The molecule has 0 radical (unpaired) electrons. The van der Waals surface area contributed by atoms with Gasteiger partial charge in [0.05, 0.1) is 6.04 Å². The lowest BCUT2D eigenvalue weighted by atomic mass is 9.82. The molecule has 3 aliphatic rings. The fraction of sp³-hybridized carbons (Fsp3) is 0.929. The summed E-state index contributed by atoms with van der Waals surface area (Å²) in [4.78, 5) is 16.4. The molecule has 4 nitrogen and oxygen atoms in total. The van der Waals surface area contributed by atoms with Crippen LogP contribution in [0.25, 0.3) is 0 Å². The Morgan fingerprint density at radius 1 is 1.11 bits per heavy atom. The molecule has 0 spiro atoms. The van der Waals surface area contributed by atoms with E-state index in [-0.39, 0.29) is 6.04 Å². The van der Waals surface area contributed by atoms with Gasteiger partial charge in [0.2, 0.25) is 5.91 Å². The van der Waals surface area contributed by atoms with Crippen molar-refractivity contribution in [1.82, 2.24) is 15.1 Å². The Bertz CT molecular complexity index is 319. The lowest BCUT2D eigenvalue weighted by Gasteiger charge is -2.47. The van der Waals surface area contributed by atoms with Crippen LogP contribution in [0.15, 0.2) is 0 Å². The molecule has 3 aliphatic heterocycles. The van der Waals surface area contributed by atoms with Crippen LogP contribution in [0.3, 0.4) is 0 Å². The largest absolute Gasteiger partial charge is 0.344 e. The van der Waals surface area contributed by atoms with Gasteiger partial charge < -0.3 is 15.1 Å². The number of amides is 1. The zero-order valence-corrected chi connectivity index (χ0v) is 11.6. The van der Waals surface area contributed by atoms with Crippen molar-refractivity contribution in [3.8, 4) is 0 Å². The number of carbonyl (C=O) groups is 1. The Balaban J connectivity index is 1.60. The SMILES string of the molecule is CN1CCC(NC2CC3CCCC(C2)N3C)C1=O. The highest BCUT2D eigenvalue weighted by molar-refractivity contribution is 5.83.